The van der Waals surface area contributed by atoms with E-state index in [0.29, 0.717) is 5.56 Å². The second kappa shape index (κ2) is 3.81. The molecule has 0 radical (unpaired) electrons. The number of carboxylic acid groups (broad SMARTS) is 1. The second-order valence-electron chi connectivity index (χ2n) is 3.75. The summed E-state index contributed by atoms with van der Waals surface area (Å²) >= 11 is 0. The molecule has 1 N–H and O–H groups in total. The minimum absolute atomic E-state index is 0.0978. The highest BCUT2D eigenvalue weighted by Crippen LogP contribution is 2.12. The zero-order valence-corrected chi connectivity index (χ0v) is 9.14. The van der Waals surface area contributed by atoms with Crippen molar-refractivity contribution >= 4 is 5.97 Å². The molecule has 4 heteroatoms. The van der Waals surface area contributed by atoms with Crippen molar-refractivity contribution in [1.29, 1.82) is 0 Å². The van der Waals surface area contributed by atoms with Gasteiger partial charge >= 0.3 is 5.97 Å². The summed E-state index contributed by atoms with van der Waals surface area (Å²) in [6.07, 6.45) is 1.72. The molecular weight excluding hydrogens is 204 g/mol. The summed E-state index contributed by atoms with van der Waals surface area (Å²) in [6.45, 7) is 3.74. The molecule has 1 aromatic heterocycles. The largest absolute Gasteiger partial charge is 0.476 e. The molecule has 16 heavy (non-hydrogen) atoms. The highest BCUT2D eigenvalue weighted by Gasteiger charge is 2.12. The summed E-state index contributed by atoms with van der Waals surface area (Å²) < 4.78 is 1.58. The number of aryl methyl sites for hydroxylation is 2. The fourth-order valence-corrected chi connectivity index (χ4v) is 1.50. The van der Waals surface area contributed by atoms with Crippen LogP contribution < -0.4 is 0 Å². The first-order valence-electron chi connectivity index (χ1n) is 4.94. The lowest BCUT2D eigenvalue weighted by Crippen LogP contribution is -2.01. The van der Waals surface area contributed by atoms with E-state index in [1.165, 1.54) is 0 Å². The second-order valence-corrected chi connectivity index (χ2v) is 3.75. The van der Waals surface area contributed by atoms with Crippen LogP contribution in [0.25, 0.3) is 5.69 Å². The summed E-state index contributed by atoms with van der Waals surface area (Å²) in [5.74, 6) is -0.997. The molecule has 2 aromatic rings. The summed E-state index contributed by atoms with van der Waals surface area (Å²) in [7, 11) is 0. The lowest BCUT2D eigenvalue weighted by Gasteiger charge is -2.00. The molecule has 2 rings (SSSR count). The van der Waals surface area contributed by atoms with Crippen LogP contribution in [0.2, 0.25) is 0 Å². The van der Waals surface area contributed by atoms with Gasteiger partial charge in [-0.15, -0.1) is 0 Å². The van der Waals surface area contributed by atoms with Crippen LogP contribution in [0.4, 0.5) is 0 Å². The van der Waals surface area contributed by atoms with Gasteiger partial charge in [-0.2, -0.15) is 5.10 Å². The lowest BCUT2D eigenvalue weighted by molar-refractivity contribution is 0.0689. The van der Waals surface area contributed by atoms with Gasteiger partial charge in [0.2, 0.25) is 0 Å². The standard InChI is InChI=1S/C12H12N2O2/c1-8-3-5-10(6-4-8)14-7-9(2)11(13-14)12(15)16/h3-7H,1-2H3,(H,15,16). The van der Waals surface area contributed by atoms with E-state index in [9.17, 15) is 4.79 Å². The molecule has 0 amide bonds. The van der Waals surface area contributed by atoms with Crippen LogP contribution in [0, 0.1) is 13.8 Å². The maximum absolute atomic E-state index is 10.8. The predicted octanol–water partition coefficient (Wildman–Crippen LogP) is 2.19. The van der Waals surface area contributed by atoms with Gasteiger partial charge in [0.1, 0.15) is 0 Å². The Hall–Kier alpha value is -2.10. The summed E-state index contributed by atoms with van der Waals surface area (Å²) in [5.41, 5.74) is 2.78. The summed E-state index contributed by atoms with van der Waals surface area (Å²) in [4.78, 5) is 10.8. The van der Waals surface area contributed by atoms with E-state index in [1.807, 2.05) is 31.2 Å². The van der Waals surface area contributed by atoms with Crippen molar-refractivity contribution in [2.24, 2.45) is 0 Å². The van der Waals surface area contributed by atoms with E-state index in [2.05, 4.69) is 5.10 Å². The van der Waals surface area contributed by atoms with Crippen LogP contribution in [0.1, 0.15) is 21.6 Å². The fourth-order valence-electron chi connectivity index (χ4n) is 1.50. The van der Waals surface area contributed by atoms with E-state index in [4.69, 9.17) is 5.11 Å². The smallest absolute Gasteiger partial charge is 0.356 e. The van der Waals surface area contributed by atoms with E-state index in [1.54, 1.807) is 17.8 Å². The van der Waals surface area contributed by atoms with Crippen molar-refractivity contribution in [2.75, 3.05) is 0 Å². The maximum Gasteiger partial charge on any atom is 0.356 e. The summed E-state index contributed by atoms with van der Waals surface area (Å²) in [6, 6.07) is 7.75. The number of carboxylic acids is 1. The molecule has 0 saturated heterocycles. The van der Waals surface area contributed by atoms with E-state index in [-0.39, 0.29) is 5.69 Å². The third-order valence-electron chi connectivity index (χ3n) is 2.40. The predicted molar refractivity (Wildman–Crippen MR) is 60.0 cm³/mol. The minimum Gasteiger partial charge on any atom is -0.476 e. The summed E-state index contributed by atoms with van der Waals surface area (Å²) in [5, 5.41) is 12.9. The lowest BCUT2D eigenvalue weighted by atomic mass is 10.2. The number of aromatic nitrogens is 2. The van der Waals surface area contributed by atoms with Crippen LogP contribution in [-0.2, 0) is 0 Å². The molecule has 0 fully saturated rings. The number of hydrogen-bond donors (Lipinski definition) is 1. The monoisotopic (exact) mass is 216 g/mol. The molecule has 1 aromatic carbocycles. The van der Waals surface area contributed by atoms with Crippen molar-refractivity contribution in [1.82, 2.24) is 9.78 Å². The molecular formula is C12H12N2O2. The molecule has 0 unspecified atom stereocenters. The Balaban J connectivity index is 2.45. The molecule has 0 aliphatic rings. The van der Waals surface area contributed by atoms with Gasteiger partial charge in [-0.3, -0.25) is 0 Å². The van der Waals surface area contributed by atoms with Crippen molar-refractivity contribution < 1.29 is 9.90 Å². The fraction of sp³-hybridized carbons (Fsp3) is 0.167. The van der Waals surface area contributed by atoms with Gasteiger partial charge < -0.3 is 5.11 Å². The first kappa shape index (κ1) is 10.4. The van der Waals surface area contributed by atoms with Crippen LogP contribution in [-0.4, -0.2) is 20.9 Å². The molecule has 1 heterocycles. The Labute approximate surface area is 93.1 Å². The van der Waals surface area contributed by atoms with Gasteiger partial charge in [-0.1, -0.05) is 17.7 Å². The normalized spacial score (nSPS) is 10.4. The Morgan fingerprint density at radius 2 is 1.88 bits per heavy atom. The van der Waals surface area contributed by atoms with E-state index in [0.717, 1.165) is 11.3 Å². The Morgan fingerprint density at radius 3 is 2.38 bits per heavy atom. The first-order chi connectivity index (χ1) is 7.58. The van der Waals surface area contributed by atoms with Crippen molar-refractivity contribution in [2.45, 2.75) is 13.8 Å². The van der Waals surface area contributed by atoms with E-state index < -0.39 is 5.97 Å². The van der Waals surface area contributed by atoms with Crippen molar-refractivity contribution in [3.8, 4) is 5.69 Å². The molecule has 82 valence electrons. The zero-order chi connectivity index (χ0) is 11.7. The van der Waals surface area contributed by atoms with Gasteiger partial charge in [-0.05, 0) is 26.0 Å². The molecule has 0 aliphatic heterocycles. The van der Waals surface area contributed by atoms with Crippen LogP contribution in [0.5, 0.6) is 0 Å². The molecule has 0 atom stereocenters. The number of aromatic carboxylic acids is 1. The van der Waals surface area contributed by atoms with Crippen LogP contribution in [0.3, 0.4) is 0 Å². The van der Waals surface area contributed by atoms with E-state index >= 15 is 0 Å². The first-order valence-corrected chi connectivity index (χ1v) is 4.94. The van der Waals surface area contributed by atoms with Gasteiger partial charge in [0, 0.05) is 11.8 Å². The van der Waals surface area contributed by atoms with Crippen LogP contribution in [0.15, 0.2) is 30.5 Å². The third-order valence-corrected chi connectivity index (χ3v) is 2.40. The number of benzene rings is 1. The quantitative estimate of drug-likeness (QED) is 0.837. The maximum atomic E-state index is 10.8. The highest BCUT2D eigenvalue weighted by atomic mass is 16.4. The topological polar surface area (TPSA) is 55.1 Å². The molecule has 4 nitrogen and oxygen atoms in total. The Bertz CT molecular complexity index is 526. The number of rotatable bonds is 2. The SMILES string of the molecule is Cc1ccc(-n2cc(C)c(C(=O)O)n2)cc1. The van der Waals surface area contributed by atoms with Crippen molar-refractivity contribution in [3.05, 3.63) is 47.3 Å². The molecule has 0 aliphatic carbocycles. The average Bonchev–Trinajstić information content (AvgIpc) is 2.61. The van der Waals surface area contributed by atoms with Gasteiger partial charge in [0.15, 0.2) is 5.69 Å². The molecule has 0 saturated carbocycles. The molecule has 0 spiro atoms. The number of hydrogen-bond acceptors (Lipinski definition) is 2. The molecule has 0 bridgehead atoms. The minimum atomic E-state index is -0.997. The average molecular weight is 216 g/mol. The van der Waals surface area contributed by atoms with Gasteiger partial charge in [0.25, 0.3) is 0 Å². The Kier molecular flexibility index (Phi) is 2.48. The number of nitrogens with zero attached hydrogens (tertiary/aromatic N) is 2. The highest BCUT2D eigenvalue weighted by molar-refractivity contribution is 5.86. The van der Waals surface area contributed by atoms with Crippen LogP contribution >= 0.6 is 0 Å². The van der Waals surface area contributed by atoms with Gasteiger partial charge in [0.05, 0.1) is 5.69 Å². The van der Waals surface area contributed by atoms with Gasteiger partial charge in [-0.25, -0.2) is 9.48 Å². The third kappa shape index (κ3) is 1.82. The zero-order valence-electron chi connectivity index (χ0n) is 9.14. The Morgan fingerprint density at radius 1 is 1.25 bits per heavy atom. The van der Waals surface area contributed by atoms with Crippen molar-refractivity contribution in [3.63, 3.8) is 0 Å². The number of carbonyl (C=O) groups is 1.